The highest BCUT2D eigenvalue weighted by molar-refractivity contribution is 6.13. The molecule has 0 unspecified atom stereocenters. The number of para-hydroxylation sites is 2. The van der Waals surface area contributed by atoms with E-state index >= 15 is 0 Å². The molecule has 11 aromatic rings. The first-order chi connectivity index (χ1) is 28.7. The quantitative estimate of drug-likeness (QED) is 0.170. The minimum atomic E-state index is 0.592. The van der Waals surface area contributed by atoms with E-state index in [0.717, 1.165) is 82.8 Å². The minimum absolute atomic E-state index is 0.592. The highest BCUT2D eigenvalue weighted by Gasteiger charge is 2.21. The summed E-state index contributed by atoms with van der Waals surface area (Å²) in [4.78, 5) is 15.3. The van der Waals surface area contributed by atoms with Gasteiger partial charge in [0.25, 0.3) is 0 Å². The van der Waals surface area contributed by atoms with Crippen molar-refractivity contribution in [3.05, 3.63) is 200 Å². The van der Waals surface area contributed by atoms with Crippen LogP contribution in [0.1, 0.15) is 5.56 Å². The van der Waals surface area contributed by atoms with Gasteiger partial charge in [0.2, 0.25) is 0 Å². The molecule has 0 saturated heterocycles. The molecule has 0 bridgehead atoms. The van der Waals surface area contributed by atoms with Crippen molar-refractivity contribution in [2.45, 2.75) is 0 Å². The van der Waals surface area contributed by atoms with E-state index in [1.807, 2.05) is 84.9 Å². The lowest BCUT2D eigenvalue weighted by Gasteiger charge is -2.15. The molecule has 0 aliphatic rings. The number of fused-ring (bicyclic) bond motifs is 6. The molecule has 0 amide bonds. The number of aromatic nitrogens is 5. The Hall–Kier alpha value is -8.14. The Morgan fingerprint density at radius 1 is 0.362 bits per heavy atom. The fourth-order valence-corrected chi connectivity index (χ4v) is 8.32. The molecule has 0 atom stereocenters. The van der Waals surface area contributed by atoms with Crippen LogP contribution in [-0.2, 0) is 0 Å². The number of nitriles is 1. The third-order valence-corrected chi connectivity index (χ3v) is 11.0. The van der Waals surface area contributed by atoms with E-state index in [-0.39, 0.29) is 0 Å². The lowest BCUT2D eigenvalue weighted by Crippen LogP contribution is -2.03. The summed E-state index contributed by atoms with van der Waals surface area (Å²) >= 11 is 0. The molecule has 0 fully saturated rings. The first kappa shape index (κ1) is 33.2. The standard InChI is InChI=1S/C52H32N6/c53-33-34-24-29-47-44(30-34)42-27-25-38(35-14-4-1-5-15-35)31-48(42)57(47)39-26-28-41-40-20-10-12-22-45(40)58(49(41)32-39)46-23-13-11-21-43(46)52-55-50(36-16-6-2-7-17-36)54-51(56-52)37-18-8-3-9-19-37/h1-32H. The average Bonchev–Trinajstić information content (AvgIpc) is 3.81. The molecule has 11 rings (SSSR count). The molecule has 3 aromatic heterocycles. The van der Waals surface area contributed by atoms with Crippen molar-refractivity contribution >= 4 is 43.6 Å². The molecule has 0 aliphatic carbocycles. The molecule has 6 heteroatoms. The van der Waals surface area contributed by atoms with Gasteiger partial charge in [0.15, 0.2) is 17.5 Å². The predicted molar refractivity (Wildman–Crippen MR) is 235 cm³/mol. The maximum atomic E-state index is 9.89. The van der Waals surface area contributed by atoms with Gasteiger partial charge in [-0.05, 0) is 65.7 Å². The topological polar surface area (TPSA) is 72.3 Å². The van der Waals surface area contributed by atoms with Crippen LogP contribution in [0.3, 0.4) is 0 Å². The van der Waals surface area contributed by atoms with E-state index in [2.05, 4.69) is 124 Å². The second-order valence-corrected chi connectivity index (χ2v) is 14.4. The van der Waals surface area contributed by atoms with Gasteiger partial charge in [0, 0.05) is 43.9 Å². The highest BCUT2D eigenvalue weighted by atomic mass is 15.1. The second-order valence-electron chi connectivity index (χ2n) is 14.4. The molecule has 8 aromatic carbocycles. The molecule has 58 heavy (non-hydrogen) atoms. The number of nitrogens with zero attached hydrogens (tertiary/aromatic N) is 6. The monoisotopic (exact) mass is 740 g/mol. The lowest BCUT2D eigenvalue weighted by atomic mass is 10.0. The molecule has 0 N–H and O–H groups in total. The van der Waals surface area contributed by atoms with Crippen LogP contribution in [-0.4, -0.2) is 24.1 Å². The second kappa shape index (κ2) is 13.6. The number of hydrogen-bond acceptors (Lipinski definition) is 4. The summed E-state index contributed by atoms with van der Waals surface area (Å²) in [5, 5.41) is 14.3. The number of benzene rings is 8. The van der Waals surface area contributed by atoms with Crippen molar-refractivity contribution < 1.29 is 0 Å². The maximum Gasteiger partial charge on any atom is 0.166 e. The van der Waals surface area contributed by atoms with E-state index < -0.39 is 0 Å². The van der Waals surface area contributed by atoms with Gasteiger partial charge in [-0.3, -0.25) is 0 Å². The molecular formula is C52H32N6. The summed E-state index contributed by atoms with van der Waals surface area (Å²) in [6.45, 7) is 0. The predicted octanol–water partition coefficient (Wildman–Crippen LogP) is 12.6. The van der Waals surface area contributed by atoms with Crippen molar-refractivity contribution in [3.8, 4) is 62.7 Å². The molecule has 0 saturated carbocycles. The van der Waals surface area contributed by atoms with E-state index in [1.54, 1.807) is 0 Å². The van der Waals surface area contributed by atoms with Gasteiger partial charge in [-0.1, -0.05) is 140 Å². The zero-order valence-electron chi connectivity index (χ0n) is 31.2. The van der Waals surface area contributed by atoms with Crippen molar-refractivity contribution in [2.75, 3.05) is 0 Å². The number of rotatable bonds is 6. The first-order valence-electron chi connectivity index (χ1n) is 19.3. The van der Waals surface area contributed by atoms with Crippen LogP contribution in [0.25, 0.3) is 100 Å². The normalized spacial score (nSPS) is 11.4. The third kappa shape index (κ3) is 5.45. The van der Waals surface area contributed by atoms with Crippen LogP contribution in [0, 0.1) is 11.3 Å². The van der Waals surface area contributed by atoms with Crippen LogP contribution >= 0.6 is 0 Å². The van der Waals surface area contributed by atoms with Crippen molar-refractivity contribution in [1.82, 2.24) is 24.1 Å². The SMILES string of the molecule is N#Cc1ccc2c(c1)c1ccc(-c3ccccc3)cc1n2-c1ccc2c3ccccc3n(-c3ccccc3-c3nc(-c4ccccc4)nc(-c4ccccc4)n3)c2c1. The van der Waals surface area contributed by atoms with Gasteiger partial charge in [0.05, 0.1) is 39.4 Å². The molecule has 270 valence electrons. The zero-order chi connectivity index (χ0) is 38.6. The summed E-state index contributed by atoms with van der Waals surface area (Å²) < 4.78 is 4.67. The summed E-state index contributed by atoms with van der Waals surface area (Å²) in [5.41, 5.74) is 11.9. The van der Waals surface area contributed by atoms with E-state index in [9.17, 15) is 5.26 Å². The van der Waals surface area contributed by atoms with E-state index in [4.69, 9.17) is 15.0 Å². The van der Waals surface area contributed by atoms with Gasteiger partial charge in [-0.25, -0.2) is 15.0 Å². The maximum absolute atomic E-state index is 9.89. The molecule has 6 nitrogen and oxygen atoms in total. The Labute approximate surface area is 334 Å². The smallest absolute Gasteiger partial charge is 0.166 e. The third-order valence-electron chi connectivity index (χ3n) is 11.0. The minimum Gasteiger partial charge on any atom is -0.309 e. The summed E-state index contributed by atoms with van der Waals surface area (Å²) in [5.74, 6) is 1.82. The first-order valence-corrected chi connectivity index (χ1v) is 19.3. The van der Waals surface area contributed by atoms with Gasteiger partial charge < -0.3 is 9.13 Å². The largest absolute Gasteiger partial charge is 0.309 e. The Morgan fingerprint density at radius 3 is 1.64 bits per heavy atom. The number of hydrogen-bond donors (Lipinski definition) is 0. The van der Waals surface area contributed by atoms with Crippen LogP contribution in [0.2, 0.25) is 0 Å². The van der Waals surface area contributed by atoms with Crippen LogP contribution in [0.5, 0.6) is 0 Å². The van der Waals surface area contributed by atoms with Gasteiger partial charge in [-0.15, -0.1) is 0 Å². The van der Waals surface area contributed by atoms with E-state index in [1.165, 1.54) is 0 Å². The molecule has 0 aliphatic heterocycles. The van der Waals surface area contributed by atoms with Gasteiger partial charge >= 0.3 is 0 Å². The lowest BCUT2D eigenvalue weighted by molar-refractivity contribution is 1.06. The van der Waals surface area contributed by atoms with Gasteiger partial charge in [-0.2, -0.15) is 5.26 Å². The van der Waals surface area contributed by atoms with E-state index in [0.29, 0.717) is 23.0 Å². The zero-order valence-corrected chi connectivity index (χ0v) is 31.2. The Bertz CT molecular complexity index is 3340. The Balaban J connectivity index is 1.17. The van der Waals surface area contributed by atoms with Crippen LogP contribution in [0.15, 0.2) is 194 Å². The fraction of sp³-hybridized carbons (Fsp3) is 0. The molecule has 0 radical (unpaired) electrons. The summed E-state index contributed by atoms with van der Waals surface area (Å²) in [6, 6.07) is 69.3. The van der Waals surface area contributed by atoms with Crippen LogP contribution in [0.4, 0.5) is 0 Å². The Morgan fingerprint density at radius 2 is 0.914 bits per heavy atom. The molecular weight excluding hydrogens is 709 g/mol. The molecule has 3 heterocycles. The van der Waals surface area contributed by atoms with Gasteiger partial charge in [0.1, 0.15) is 0 Å². The van der Waals surface area contributed by atoms with Crippen LogP contribution < -0.4 is 0 Å². The summed E-state index contributed by atoms with van der Waals surface area (Å²) in [7, 11) is 0. The highest BCUT2D eigenvalue weighted by Crippen LogP contribution is 2.40. The van der Waals surface area contributed by atoms with Crippen molar-refractivity contribution in [3.63, 3.8) is 0 Å². The average molecular weight is 741 g/mol. The van der Waals surface area contributed by atoms with Crippen molar-refractivity contribution in [2.24, 2.45) is 0 Å². The Kier molecular flexibility index (Phi) is 7.76. The summed E-state index contributed by atoms with van der Waals surface area (Å²) in [6.07, 6.45) is 0. The van der Waals surface area contributed by atoms with Crippen molar-refractivity contribution in [1.29, 1.82) is 5.26 Å². The fourth-order valence-electron chi connectivity index (χ4n) is 8.32. The molecule has 0 spiro atoms.